The van der Waals surface area contributed by atoms with Crippen molar-refractivity contribution >= 4 is 29.9 Å². The van der Waals surface area contributed by atoms with Gasteiger partial charge in [0.1, 0.15) is 0 Å². The predicted molar refractivity (Wildman–Crippen MR) is 98.2 cm³/mol. The van der Waals surface area contributed by atoms with Crippen LogP contribution in [0.4, 0.5) is 5.69 Å². The minimum atomic E-state index is -0.272. The largest absolute Gasteiger partial charge is 0.493 e. The number of carbonyl (C=O) groups is 2. The zero-order valence-corrected chi connectivity index (χ0v) is 16.0. The van der Waals surface area contributed by atoms with E-state index in [2.05, 4.69) is 10.6 Å². The highest BCUT2D eigenvalue weighted by Gasteiger charge is 2.19. The monoisotopic (exact) mass is 375 g/mol. The zero-order valence-electron chi connectivity index (χ0n) is 15.2. The summed E-state index contributed by atoms with van der Waals surface area (Å²) in [5.74, 6) is 0.319. The number of benzene rings is 1. The molecule has 0 saturated heterocycles. The van der Waals surface area contributed by atoms with Crippen molar-refractivity contribution in [2.24, 2.45) is 0 Å². The van der Waals surface area contributed by atoms with Crippen LogP contribution in [0, 0.1) is 0 Å². The average Bonchev–Trinajstić information content (AvgIpc) is 2.57. The molecular formula is C16H26ClN3O5. The lowest BCUT2D eigenvalue weighted by Gasteiger charge is -2.18. The van der Waals surface area contributed by atoms with Crippen LogP contribution in [-0.4, -0.2) is 71.8 Å². The highest BCUT2D eigenvalue weighted by atomic mass is 35.5. The van der Waals surface area contributed by atoms with Gasteiger partial charge in [-0.05, 0) is 6.07 Å². The molecule has 8 nitrogen and oxygen atoms in total. The summed E-state index contributed by atoms with van der Waals surface area (Å²) in [5, 5.41) is 5.66. The van der Waals surface area contributed by atoms with E-state index in [1.54, 1.807) is 33.3 Å². The number of anilines is 1. The molecule has 1 rings (SSSR count). The Labute approximate surface area is 154 Å². The van der Waals surface area contributed by atoms with Crippen LogP contribution in [-0.2, 0) is 9.53 Å². The van der Waals surface area contributed by atoms with E-state index in [1.807, 2.05) is 0 Å². The van der Waals surface area contributed by atoms with Gasteiger partial charge >= 0.3 is 0 Å². The van der Waals surface area contributed by atoms with Gasteiger partial charge in [-0.3, -0.25) is 9.59 Å². The molecule has 0 fully saturated rings. The maximum absolute atomic E-state index is 12.4. The smallest absolute Gasteiger partial charge is 0.255 e. The Balaban J connectivity index is 0.00000576. The number of nitrogens with zero attached hydrogens (tertiary/aromatic N) is 1. The van der Waals surface area contributed by atoms with E-state index in [1.165, 1.54) is 19.1 Å². The van der Waals surface area contributed by atoms with E-state index in [9.17, 15) is 9.59 Å². The molecule has 1 aromatic carbocycles. The van der Waals surface area contributed by atoms with E-state index in [0.717, 1.165) is 0 Å². The maximum atomic E-state index is 12.4. The standard InChI is InChI=1S/C16H25N3O5.ClH/c1-19(2)16(21)11-8-13(23-4)14(24-5)9-12(11)18-15(20)10-17-6-7-22-3;/h8-9,17H,6-7,10H2,1-5H3,(H,18,20);1H. The third kappa shape index (κ3) is 6.77. The second-order valence-electron chi connectivity index (χ2n) is 5.17. The Morgan fingerprint density at radius 3 is 2.20 bits per heavy atom. The number of halogens is 1. The minimum Gasteiger partial charge on any atom is -0.493 e. The third-order valence-electron chi connectivity index (χ3n) is 3.20. The molecule has 0 saturated carbocycles. The molecule has 2 N–H and O–H groups in total. The van der Waals surface area contributed by atoms with E-state index in [-0.39, 0.29) is 30.8 Å². The van der Waals surface area contributed by atoms with Crippen molar-refractivity contribution in [3.8, 4) is 11.5 Å². The number of rotatable bonds is 9. The summed E-state index contributed by atoms with van der Waals surface area (Å²) < 4.78 is 15.4. The van der Waals surface area contributed by atoms with Crippen molar-refractivity contribution in [2.45, 2.75) is 0 Å². The molecule has 0 unspecified atom stereocenters. The fraction of sp³-hybridized carbons (Fsp3) is 0.500. The Hall–Kier alpha value is -2.03. The molecule has 9 heteroatoms. The lowest BCUT2D eigenvalue weighted by molar-refractivity contribution is -0.115. The molecule has 0 spiro atoms. The van der Waals surface area contributed by atoms with Gasteiger partial charge < -0.3 is 29.7 Å². The summed E-state index contributed by atoms with van der Waals surface area (Å²) in [4.78, 5) is 25.8. The molecular weight excluding hydrogens is 350 g/mol. The van der Waals surface area contributed by atoms with Crippen LogP contribution in [0.2, 0.25) is 0 Å². The van der Waals surface area contributed by atoms with Crippen LogP contribution in [0.5, 0.6) is 11.5 Å². The minimum absolute atomic E-state index is 0. The molecule has 25 heavy (non-hydrogen) atoms. The van der Waals surface area contributed by atoms with E-state index in [4.69, 9.17) is 14.2 Å². The lowest BCUT2D eigenvalue weighted by Crippen LogP contribution is -2.31. The first kappa shape index (κ1) is 23.0. The topological polar surface area (TPSA) is 89.1 Å². The average molecular weight is 376 g/mol. The van der Waals surface area contributed by atoms with Gasteiger partial charge in [0, 0.05) is 33.8 Å². The first-order valence-corrected chi connectivity index (χ1v) is 7.41. The van der Waals surface area contributed by atoms with Gasteiger partial charge in [-0.15, -0.1) is 12.4 Å². The second-order valence-corrected chi connectivity index (χ2v) is 5.17. The molecule has 142 valence electrons. The normalized spacial score (nSPS) is 9.80. The molecule has 1 aromatic rings. The van der Waals surface area contributed by atoms with E-state index >= 15 is 0 Å². The number of hydrogen-bond donors (Lipinski definition) is 2. The SMILES string of the molecule is COCCNCC(=O)Nc1cc(OC)c(OC)cc1C(=O)N(C)C.Cl. The predicted octanol–water partition coefficient (Wildman–Crippen LogP) is 1.00. The van der Waals surface area contributed by atoms with E-state index < -0.39 is 0 Å². The third-order valence-corrected chi connectivity index (χ3v) is 3.20. The summed E-state index contributed by atoms with van der Waals surface area (Å²) in [6, 6.07) is 3.12. The van der Waals surface area contributed by atoms with Crippen LogP contribution in [0.1, 0.15) is 10.4 Å². The molecule has 0 aliphatic heterocycles. The van der Waals surface area contributed by atoms with Crippen molar-refractivity contribution in [3.05, 3.63) is 17.7 Å². The van der Waals surface area contributed by atoms with Crippen molar-refractivity contribution in [3.63, 3.8) is 0 Å². The maximum Gasteiger partial charge on any atom is 0.255 e. The van der Waals surface area contributed by atoms with Gasteiger partial charge in [-0.2, -0.15) is 0 Å². The highest BCUT2D eigenvalue weighted by Crippen LogP contribution is 2.33. The van der Waals surface area contributed by atoms with Gasteiger partial charge in [-0.25, -0.2) is 0 Å². The Bertz CT molecular complexity index is 581. The second kappa shape index (κ2) is 11.5. The van der Waals surface area contributed by atoms with Crippen molar-refractivity contribution in [1.29, 1.82) is 0 Å². The van der Waals surface area contributed by atoms with Crippen LogP contribution in [0.15, 0.2) is 12.1 Å². The summed E-state index contributed by atoms with van der Waals surface area (Å²) >= 11 is 0. The number of amides is 2. The summed E-state index contributed by atoms with van der Waals surface area (Å²) in [5.41, 5.74) is 0.688. The Morgan fingerprint density at radius 2 is 1.68 bits per heavy atom. The first-order valence-electron chi connectivity index (χ1n) is 7.41. The molecule has 0 aromatic heterocycles. The molecule has 0 radical (unpaired) electrons. The van der Waals surface area contributed by atoms with Gasteiger partial charge in [0.25, 0.3) is 5.91 Å². The van der Waals surface area contributed by atoms with Crippen molar-refractivity contribution < 1.29 is 23.8 Å². The number of nitrogens with one attached hydrogen (secondary N) is 2. The summed E-state index contributed by atoms with van der Waals surface area (Å²) in [6.45, 7) is 1.17. The van der Waals surface area contributed by atoms with Crippen LogP contribution in [0.3, 0.4) is 0 Å². The zero-order chi connectivity index (χ0) is 18.1. The summed E-state index contributed by atoms with van der Waals surface area (Å²) in [6.07, 6.45) is 0. The van der Waals surface area contributed by atoms with Gasteiger partial charge in [0.2, 0.25) is 5.91 Å². The molecule has 0 aliphatic carbocycles. The van der Waals surface area contributed by atoms with Gasteiger partial charge in [0.15, 0.2) is 11.5 Å². The van der Waals surface area contributed by atoms with Crippen LogP contribution < -0.4 is 20.1 Å². The molecule has 0 aliphatic rings. The number of methoxy groups -OCH3 is 3. The van der Waals surface area contributed by atoms with Crippen LogP contribution in [0.25, 0.3) is 0 Å². The fourth-order valence-electron chi connectivity index (χ4n) is 1.97. The number of carbonyl (C=O) groups excluding carboxylic acids is 2. The molecule has 0 heterocycles. The Morgan fingerprint density at radius 1 is 1.08 bits per heavy atom. The highest BCUT2D eigenvalue weighted by molar-refractivity contribution is 6.04. The Kier molecular flexibility index (Phi) is 10.6. The van der Waals surface area contributed by atoms with E-state index in [0.29, 0.717) is 35.9 Å². The van der Waals surface area contributed by atoms with Gasteiger partial charge in [-0.1, -0.05) is 0 Å². The van der Waals surface area contributed by atoms with Gasteiger partial charge in [0.05, 0.1) is 38.6 Å². The van der Waals surface area contributed by atoms with Crippen molar-refractivity contribution in [1.82, 2.24) is 10.2 Å². The number of ether oxygens (including phenoxy) is 3. The van der Waals surface area contributed by atoms with Crippen molar-refractivity contribution in [2.75, 3.05) is 60.4 Å². The number of hydrogen-bond acceptors (Lipinski definition) is 6. The molecule has 0 atom stereocenters. The first-order chi connectivity index (χ1) is 11.4. The summed E-state index contributed by atoms with van der Waals surface area (Å²) in [7, 11) is 7.83. The molecule has 2 amide bonds. The fourth-order valence-corrected chi connectivity index (χ4v) is 1.97. The molecule has 0 bridgehead atoms. The van der Waals surface area contributed by atoms with Crippen LogP contribution >= 0.6 is 12.4 Å². The lowest BCUT2D eigenvalue weighted by atomic mass is 10.1. The quantitative estimate of drug-likeness (QED) is 0.626.